The quantitative estimate of drug-likeness (QED) is 0.404. The third-order valence-electron chi connectivity index (χ3n) is 7.56. The number of nitrogens with zero attached hydrogens (tertiary/aromatic N) is 3. The lowest BCUT2D eigenvalue weighted by molar-refractivity contribution is 0.0965. The zero-order valence-electron chi connectivity index (χ0n) is 20.3. The Morgan fingerprint density at radius 1 is 1.03 bits per heavy atom. The van der Waals surface area contributed by atoms with Gasteiger partial charge in [-0.15, -0.1) is 0 Å². The summed E-state index contributed by atoms with van der Waals surface area (Å²) in [6, 6.07) is 19.8. The Morgan fingerprint density at radius 2 is 1.83 bits per heavy atom. The number of anilines is 2. The zero-order chi connectivity index (χ0) is 23.9. The largest absolute Gasteiger partial charge is 0.352 e. The van der Waals surface area contributed by atoms with E-state index in [1.54, 1.807) is 0 Å². The van der Waals surface area contributed by atoms with Crippen molar-refractivity contribution in [1.82, 2.24) is 19.6 Å². The van der Waals surface area contributed by atoms with Crippen molar-refractivity contribution in [3.05, 3.63) is 83.7 Å². The van der Waals surface area contributed by atoms with E-state index in [9.17, 15) is 4.79 Å². The monoisotopic (exact) mass is 465 g/mol. The maximum absolute atomic E-state index is 11.9. The van der Waals surface area contributed by atoms with E-state index in [0.29, 0.717) is 18.5 Å². The number of nitrogens with one attached hydrogen (secondary N) is 2. The number of carbonyl (C=O) groups is 1. The summed E-state index contributed by atoms with van der Waals surface area (Å²) in [5, 5.41) is 6.46. The number of hydrogen-bond donors (Lipinski definition) is 2. The third kappa shape index (κ3) is 4.08. The minimum atomic E-state index is 0.00547. The summed E-state index contributed by atoms with van der Waals surface area (Å²) < 4.78 is 2.10. The molecule has 6 rings (SSSR count). The first-order valence-corrected chi connectivity index (χ1v) is 12.6. The lowest BCUT2D eigenvalue weighted by atomic mass is 9.89. The SMILES string of the molecule is CC(C)N1CCC(c2ccc(Nc3ccc(-c4ccc5c(c4)CNC5=O)n4ccnc34)cc2)CC1. The van der Waals surface area contributed by atoms with Crippen molar-refractivity contribution in [3.8, 4) is 11.3 Å². The summed E-state index contributed by atoms with van der Waals surface area (Å²) in [5.41, 5.74) is 8.27. The number of amides is 1. The predicted octanol–water partition coefficient (Wildman–Crippen LogP) is 5.58. The van der Waals surface area contributed by atoms with Crippen LogP contribution in [0.4, 0.5) is 11.4 Å². The first-order valence-electron chi connectivity index (χ1n) is 12.6. The molecule has 0 radical (unpaired) electrons. The van der Waals surface area contributed by atoms with E-state index in [4.69, 9.17) is 0 Å². The Hall–Kier alpha value is -3.64. The van der Waals surface area contributed by atoms with E-state index in [1.807, 2.05) is 24.5 Å². The van der Waals surface area contributed by atoms with Crippen LogP contribution < -0.4 is 10.6 Å². The molecule has 4 aromatic rings. The van der Waals surface area contributed by atoms with Gasteiger partial charge in [-0.3, -0.25) is 9.20 Å². The van der Waals surface area contributed by atoms with Crippen molar-refractivity contribution in [2.45, 2.75) is 45.2 Å². The van der Waals surface area contributed by atoms with Crippen LogP contribution in [0.2, 0.25) is 0 Å². The molecule has 2 aliphatic rings. The average Bonchev–Trinajstić information content (AvgIpc) is 3.52. The molecule has 2 aliphatic heterocycles. The number of benzene rings is 2. The van der Waals surface area contributed by atoms with Gasteiger partial charge in [-0.2, -0.15) is 0 Å². The van der Waals surface area contributed by atoms with Gasteiger partial charge in [0, 0.05) is 36.2 Å². The van der Waals surface area contributed by atoms with Crippen LogP contribution in [0.3, 0.4) is 0 Å². The number of hydrogen-bond acceptors (Lipinski definition) is 4. The van der Waals surface area contributed by atoms with E-state index in [-0.39, 0.29) is 5.91 Å². The van der Waals surface area contributed by atoms with Gasteiger partial charge in [0.15, 0.2) is 5.65 Å². The van der Waals surface area contributed by atoms with Crippen molar-refractivity contribution in [3.63, 3.8) is 0 Å². The number of rotatable bonds is 5. The fourth-order valence-corrected chi connectivity index (χ4v) is 5.48. The summed E-state index contributed by atoms with van der Waals surface area (Å²) >= 11 is 0. The van der Waals surface area contributed by atoms with Crippen molar-refractivity contribution in [2.24, 2.45) is 0 Å². The first kappa shape index (κ1) is 21.9. The molecule has 0 aliphatic carbocycles. The van der Waals surface area contributed by atoms with Gasteiger partial charge in [0.1, 0.15) is 0 Å². The summed E-state index contributed by atoms with van der Waals surface area (Å²) in [6.45, 7) is 7.53. The van der Waals surface area contributed by atoms with Gasteiger partial charge in [0.2, 0.25) is 0 Å². The van der Waals surface area contributed by atoms with E-state index in [2.05, 4.69) is 81.2 Å². The molecule has 6 nitrogen and oxygen atoms in total. The second-order valence-electron chi connectivity index (χ2n) is 9.96. The standard InChI is InChI=1S/C29H31N5O/c1-19(2)33-14-11-21(12-15-33)20-3-6-24(7-4-20)32-26-9-10-27(34-16-13-30-28(26)34)22-5-8-25-23(17-22)18-31-29(25)35/h3-10,13,16-17,19,21,32H,11-12,14-15,18H2,1-2H3,(H,31,35). The molecule has 4 heterocycles. The summed E-state index contributed by atoms with van der Waals surface area (Å²) in [7, 11) is 0. The normalized spacial score (nSPS) is 16.6. The molecule has 2 aromatic heterocycles. The Labute approximate surface area is 206 Å². The summed E-state index contributed by atoms with van der Waals surface area (Å²) in [4.78, 5) is 19.1. The topological polar surface area (TPSA) is 61.7 Å². The van der Waals surface area contributed by atoms with Gasteiger partial charge >= 0.3 is 0 Å². The van der Waals surface area contributed by atoms with Crippen LogP contribution >= 0.6 is 0 Å². The molecule has 2 aromatic carbocycles. The minimum Gasteiger partial charge on any atom is -0.352 e. The number of carbonyl (C=O) groups excluding carboxylic acids is 1. The molecule has 2 N–H and O–H groups in total. The minimum absolute atomic E-state index is 0.00547. The van der Waals surface area contributed by atoms with E-state index in [1.165, 1.54) is 31.5 Å². The number of aromatic nitrogens is 2. The number of pyridine rings is 1. The van der Waals surface area contributed by atoms with Crippen LogP contribution in [0, 0.1) is 0 Å². The van der Waals surface area contributed by atoms with Crippen molar-refractivity contribution in [1.29, 1.82) is 0 Å². The number of piperidine rings is 1. The molecule has 0 bridgehead atoms. The van der Waals surface area contributed by atoms with Crippen molar-refractivity contribution in [2.75, 3.05) is 18.4 Å². The average molecular weight is 466 g/mol. The highest BCUT2D eigenvalue weighted by Gasteiger charge is 2.22. The van der Waals surface area contributed by atoms with E-state index in [0.717, 1.165) is 39.4 Å². The second kappa shape index (κ2) is 8.86. The molecule has 0 atom stereocenters. The van der Waals surface area contributed by atoms with Crippen LogP contribution in [-0.2, 0) is 6.54 Å². The smallest absolute Gasteiger partial charge is 0.251 e. The lowest BCUT2D eigenvalue weighted by Gasteiger charge is -2.34. The lowest BCUT2D eigenvalue weighted by Crippen LogP contribution is -2.37. The number of imidazole rings is 1. The number of fused-ring (bicyclic) bond motifs is 2. The van der Waals surface area contributed by atoms with Crippen LogP contribution in [-0.4, -0.2) is 39.3 Å². The molecule has 1 fully saturated rings. The maximum Gasteiger partial charge on any atom is 0.251 e. The predicted molar refractivity (Wildman–Crippen MR) is 140 cm³/mol. The molecule has 1 amide bonds. The van der Waals surface area contributed by atoms with Crippen LogP contribution in [0.1, 0.15) is 54.1 Å². The first-order chi connectivity index (χ1) is 17.1. The van der Waals surface area contributed by atoms with Crippen molar-refractivity contribution >= 4 is 22.9 Å². The molecular weight excluding hydrogens is 434 g/mol. The van der Waals surface area contributed by atoms with Crippen LogP contribution in [0.15, 0.2) is 67.0 Å². The molecular formula is C29H31N5O. The van der Waals surface area contributed by atoms with Gasteiger partial charge in [0.25, 0.3) is 5.91 Å². The second-order valence-corrected chi connectivity index (χ2v) is 9.96. The Morgan fingerprint density at radius 3 is 2.60 bits per heavy atom. The Kier molecular flexibility index (Phi) is 5.53. The number of likely N-dealkylation sites (tertiary alicyclic amines) is 1. The Balaban J connectivity index is 1.22. The van der Waals surface area contributed by atoms with Crippen molar-refractivity contribution < 1.29 is 4.79 Å². The third-order valence-corrected chi connectivity index (χ3v) is 7.56. The van der Waals surface area contributed by atoms with Gasteiger partial charge < -0.3 is 15.5 Å². The maximum atomic E-state index is 11.9. The van der Waals surface area contributed by atoms with Gasteiger partial charge in [-0.1, -0.05) is 18.2 Å². The molecule has 0 unspecified atom stereocenters. The van der Waals surface area contributed by atoms with E-state index >= 15 is 0 Å². The molecule has 1 saturated heterocycles. The fraction of sp³-hybridized carbons (Fsp3) is 0.310. The molecule has 6 heteroatoms. The van der Waals surface area contributed by atoms with Gasteiger partial charge in [-0.05, 0) is 98.8 Å². The highest BCUT2D eigenvalue weighted by atomic mass is 16.1. The summed E-state index contributed by atoms with van der Waals surface area (Å²) in [5.74, 6) is 0.654. The highest BCUT2D eigenvalue weighted by molar-refractivity contribution is 5.99. The summed E-state index contributed by atoms with van der Waals surface area (Å²) in [6.07, 6.45) is 6.27. The van der Waals surface area contributed by atoms with E-state index < -0.39 is 0 Å². The van der Waals surface area contributed by atoms with Gasteiger partial charge in [0.05, 0.1) is 11.4 Å². The zero-order valence-corrected chi connectivity index (χ0v) is 20.3. The van der Waals surface area contributed by atoms with Crippen LogP contribution in [0.25, 0.3) is 16.9 Å². The molecule has 0 spiro atoms. The highest BCUT2D eigenvalue weighted by Crippen LogP contribution is 2.32. The van der Waals surface area contributed by atoms with Gasteiger partial charge in [-0.25, -0.2) is 4.98 Å². The van der Waals surface area contributed by atoms with Crippen LogP contribution in [0.5, 0.6) is 0 Å². The Bertz CT molecular complexity index is 1380. The molecule has 35 heavy (non-hydrogen) atoms. The fourth-order valence-electron chi connectivity index (χ4n) is 5.48. The molecule has 0 saturated carbocycles. The molecule has 178 valence electrons.